The van der Waals surface area contributed by atoms with E-state index in [0.29, 0.717) is 42.0 Å². The normalized spacial score (nSPS) is 10.4. The van der Waals surface area contributed by atoms with Crippen molar-refractivity contribution < 1.29 is 14.5 Å². The lowest BCUT2D eigenvalue weighted by Crippen LogP contribution is -2.16. The van der Waals surface area contributed by atoms with Gasteiger partial charge in [0.1, 0.15) is 0 Å². The Bertz CT molecular complexity index is 1390. The summed E-state index contributed by atoms with van der Waals surface area (Å²) in [7, 11) is 0. The van der Waals surface area contributed by atoms with E-state index in [1.165, 1.54) is 12.1 Å². The molecule has 2 aromatic heterocycles. The average Bonchev–Trinajstić information content (AvgIpc) is 3.31. The van der Waals surface area contributed by atoms with Crippen LogP contribution in [-0.2, 0) is 11.2 Å². The number of nitrogens with one attached hydrogen (secondary N) is 1. The molecule has 4 rings (SSSR count). The number of rotatable bonds is 10. The van der Waals surface area contributed by atoms with E-state index < -0.39 is 4.92 Å². The van der Waals surface area contributed by atoms with E-state index >= 15 is 0 Å². The van der Waals surface area contributed by atoms with Gasteiger partial charge in [0, 0.05) is 42.1 Å². The largest absolute Gasteiger partial charge is 0.490 e. The Morgan fingerprint density at radius 1 is 1.11 bits per heavy atom. The SMILES string of the molecule is N#CCCCOc1cccnc1NC(=O)Cc1cn(-c2ccccc2)nc1-c1ccc([N+](=O)[O-])cc1. The molecule has 10 nitrogen and oxygen atoms in total. The first-order valence-electron chi connectivity index (χ1n) is 11.2. The number of pyridine rings is 1. The number of amides is 1. The number of non-ortho nitro benzene ring substituents is 1. The molecule has 0 saturated carbocycles. The van der Waals surface area contributed by atoms with E-state index in [9.17, 15) is 14.9 Å². The molecule has 2 aromatic carbocycles. The average molecular weight is 483 g/mol. The number of unbranched alkanes of at least 4 members (excludes halogenated alkanes) is 1. The van der Waals surface area contributed by atoms with Crippen molar-refractivity contribution >= 4 is 17.4 Å². The van der Waals surface area contributed by atoms with E-state index in [2.05, 4.69) is 21.5 Å². The van der Waals surface area contributed by atoms with Crippen LogP contribution in [0, 0.1) is 21.4 Å². The first-order chi connectivity index (χ1) is 17.5. The molecule has 0 saturated heterocycles. The Labute approximate surface area is 206 Å². The number of hydrogen-bond donors (Lipinski definition) is 1. The number of benzene rings is 2. The maximum Gasteiger partial charge on any atom is 0.269 e. The van der Waals surface area contributed by atoms with Crippen molar-refractivity contribution in [1.82, 2.24) is 14.8 Å². The summed E-state index contributed by atoms with van der Waals surface area (Å²) in [4.78, 5) is 27.8. The van der Waals surface area contributed by atoms with Crippen LogP contribution >= 0.6 is 0 Å². The molecular weight excluding hydrogens is 460 g/mol. The van der Waals surface area contributed by atoms with Gasteiger partial charge in [-0.25, -0.2) is 9.67 Å². The van der Waals surface area contributed by atoms with Gasteiger partial charge in [0.05, 0.1) is 35.4 Å². The third kappa shape index (κ3) is 5.90. The number of nitro groups is 1. The van der Waals surface area contributed by atoms with Crippen LogP contribution in [0.2, 0.25) is 0 Å². The number of hydrogen-bond acceptors (Lipinski definition) is 7. The summed E-state index contributed by atoms with van der Waals surface area (Å²) >= 11 is 0. The van der Waals surface area contributed by atoms with Crippen molar-refractivity contribution in [3.63, 3.8) is 0 Å². The third-order valence-corrected chi connectivity index (χ3v) is 5.23. The second-order valence-electron chi connectivity index (χ2n) is 7.77. The van der Waals surface area contributed by atoms with Crippen molar-refractivity contribution in [2.24, 2.45) is 0 Å². The Morgan fingerprint density at radius 3 is 2.61 bits per heavy atom. The van der Waals surface area contributed by atoms with Crippen LogP contribution in [0.25, 0.3) is 16.9 Å². The highest BCUT2D eigenvalue weighted by molar-refractivity contribution is 5.93. The van der Waals surface area contributed by atoms with Crippen molar-refractivity contribution in [2.75, 3.05) is 11.9 Å². The summed E-state index contributed by atoms with van der Waals surface area (Å²) in [5.41, 5.74) is 2.61. The fourth-order valence-electron chi connectivity index (χ4n) is 3.52. The molecule has 0 bridgehead atoms. The van der Waals surface area contributed by atoms with Gasteiger partial charge in [0.25, 0.3) is 5.69 Å². The molecule has 180 valence electrons. The zero-order valence-electron chi connectivity index (χ0n) is 19.2. The minimum Gasteiger partial charge on any atom is -0.490 e. The first-order valence-corrected chi connectivity index (χ1v) is 11.2. The molecule has 0 aliphatic carbocycles. The van der Waals surface area contributed by atoms with Gasteiger partial charge < -0.3 is 10.1 Å². The summed E-state index contributed by atoms with van der Waals surface area (Å²) in [5.74, 6) is 0.373. The standard InChI is InChI=1S/C26H22N6O4/c27-14-4-5-16-36-23-9-6-15-28-26(23)29-24(33)17-20-18-31(21-7-2-1-3-8-21)30-25(20)19-10-12-22(13-11-19)32(34)35/h1-3,6-13,15,18H,4-5,16-17H2,(H,28,29,33). The predicted octanol–water partition coefficient (Wildman–Crippen LogP) is 4.71. The van der Waals surface area contributed by atoms with Crippen LogP contribution in [0.5, 0.6) is 5.75 Å². The van der Waals surface area contributed by atoms with Crippen LogP contribution < -0.4 is 10.1 Å². The minimum atomic E-state index is -0.465. The van der Waals surface area contributed by atoms with Crippen molar-refractivity contribution in [3.8, 4) is 28.8 Å². The fourth-order valence-corrected chi connectivity index (χ4v) is 3.52. The van der Waals surface area contributed by atoms with Crippen LogP contribution in [-0.4, -0.2) is 32.2 Å². The number of carbonyl (C=O) groups is 1. The van der Waals surface area contributed by atoms with Gasteiger partial charge in [0.15, 0.2) is 11.6 Å². The number of carbonyl (C=O) groups excluding carboxylic acids is 1. The second-order valence-corrected chi connectivity index (χ2v) is 7.77. The van der Waals surface area contributed by atoms with Crippen LogP contribution in [0.3, 0.4) is 0 Å². The van der Waals surface area contributed by atoms with E-state index in [4.69, 9.17) is 10.00 Å². The van der Waals surface area contributed by atoms with Gasteiger partial charge in [-0.2, -0.15) is 10.4 Å². The number of para-hydroxylation sites is 1. The molecule has 1 amide bonds. The first kappa shape index (κ1) is 24.1. The Morgan fingerprint density at radius 2 is 1.89 bits per heavy atom. The molecular formula is C26H22N6O4. The smallest absolute Gasteiger partial charge is 0.269 e. The zero-order chi connectivity index (χ0) is 25.3. The number of nitro benzene ring substituents is 1. The van der Waals surface area contributed by atoms with Crippen LogP contribution in [0.4, 0.5) is 11.5 Å². The second kappa shape index (κ2) is 11.4. The molecule has 0 fully saturated rings. The fraction of sp³-hybridized carbons (Fsp3) is 0.154. The van der Waals surface area contributed by atoms with Crippen molar-refractivity contribution in [2.45, 2.75) is 19.3 Å². The van der Waals surface area contributed by atoms with Gasteiger partial charge in [0.2, 0.25) is 5.91 Å². The highest BCUT2D eigenvalue weighted by atomic mass is 16.6. The minimum absolute atomic E-state index is 0.0103. The summed E-state index contributed by atoms with van der Waals surface area (Å²) in [6, 6.07) is 20.9. The molecule has 0 unspecified atom stereocenters. The van der Waals surface area contributed by atoms with E-state index in [0.717, 1.165) is 5.69 Å². The molecule has 0 radical (unpaired) electrons. The Hall–Kier alpha value is -5.04. The van der Waals surface area contributed by atoms with E-state index in [-0.39, 0.29) is 23.8 Å². The maximum absolute atomic E-state index is 13.0. The predicted molar refractivity (Wildman–Crippen MR) is 133 cm³/mol. The summed E-state index contributed by atoms with van der Waals surface area (Å²) < 4.78 is 7.35. The van der Waals surface area contributed by atoms with Gasteiger partial charge >= 0.3 is 0 Å². The summed E-state index contributed by atoms with van der Waals surface area (Å²) in [5, 5.41) is 27.2. The number of nitriles is 1. The molecule has 2 heterocycles. The highest BCUT2D eigenvalue weighted by Gasteiger charge is 2.18. The number of nitrogens with zero attached hydrogens (tertiary/aromatic N) is 5. The third-order valence-electron chi connectivity index (χ3n) is 5.23. The summed E-state index contributed by atoms with van der Waals surface area (Å²) in [6.45, 7) is 0.330. The maximum atomic E-state index is 13.0. The topological polar surface area (TPSA) is 136 Å². The van der Waals surface area contributed by atoms with Crippen molar-refractivity contribution in [1.29, 1.82) is 5.26 Å². The Balaban J connectivity index is 1.58. The number of anilines is 1. The monoisotopic (exact) mass is 482 g/mol. The van der Waals surface area contributed by atoms with Gasteiger partial charge in [-0.15, -0.1) is 0 Å². The quantitative estimate of drug-likeness (QED) is 0.196. The molecule has 36 heavy (non-hydrogen) atoms. The summed E-state index contributed by atoms with van der Waals surface area (Å²) in [6.07, 6.45) is 4.25. The lowest BCUT2D eigenvalue weighted by molar-refractivity contribution is -0.384. The molecule has 0 spiro atoms. The van der Waals surface area contributed by atoms with Gasteiger partial charge in [-0.3, -0.25) is 14.9 Å². The van der Waals surface area contributed by atoms with E-state index in [1.54, 1.807) is 41.3 Å². The van der Waals surface area contributed by atoms with Crippen LogP contribution in [0.15, 0.2) is 79.1 Å². The van der Waals surface area contributed by atoms with Crippen molar-refractivity contribution in [3.05, 3.63) is 94.8 Å². The number of ether oxygens (including phenoxy) is 1. The molecule has 0 atom stereocenters. The number of aromatic nitrogens is 3. The van der Waals surface area contributed by atoms with Crippen LogP contribution in [0.1, 0.15) is 18.4 Å². The Kier molecular flexibility index (Phi) is 7.63. The molecule has 0 aliphatic rings. The molecule has 10 heteroatoms. The van der Waals surface area contributed by atoms with Gasteiger partial charge in [-0.05, 0) is 42.8 Å². The lowest BCUT2D eigenvalue weighted by Gasteiger charge is -2.11. The van der Waals surface area contributed by atoms with Gasteiger partial charge in [-0.1, -0.05) is 18.2 Å². The zero-order valence-corrected chi connectivity index (χ0v) is 19.2. The van der Waals surface area contributed by atoms with E-state index in [1.807, 2.05) is 30.3 Å². The molecule has 4 aromatic rings. The molecule has 1 N–H and O–H groups in total. The molecule has 0 aliphatic heterocycles. The highest BCUT2D eigenvalue weighted by Crippen LogP contribution is 2.27. The lowest BCUT2D eigenvalue weighted by atomic mass is 10.1.